The normalized spacial score (nSPS) is 32.6. The van der Waals surface area contributed by atoms with Crippen LogP contribution in [-0.2, 0) is 76.7 Å². The number of hydrogen-bond acceptors (Lipinski definition) is 16. The van der Waals surface area contributed by atoms with Gasteiger partial charge in [0.2, 0.25) is 0 Å². The van der Waals surface area contributed by atoms with Gasteiger partial charge in [-0.05, 0) is 23.1 Å². The largest absolute Gasteiger partial charge is 0.387 e. The second-order valence-electron chi connectivity index (χ2n) is 17.0. The Bertz CT molecular complexity index is 1730. The molecule has 0 unspecified atom stereocenters. The Morgan fingerprint density at radius 1 is 0.424 bits per heavy atom. The van der Waals surface area contributed by atoms with Crippen LogP contribution in [-0.4, -0.2) is 160 Å². The summed E-state index contributed by atoms with van der Waals surface area (Å²) in [5.41, 5.74) is 2.79. The van der Waals surface area contributed by atoms with Crippen molar-refractivity contribution in [3.8, 4) is 0 Å². The van der Waals surface area contributed by atoms with Gasteiger partial charge in [0.25, 0.3) is 0 Å². The lowest BCUT2D eigenvalue weighted by atomic mass is 9.95. The lowest BCUT2D eigenvalue weighted by Crippen LogP contribution is -2.67. The predicted octanol–water partition coefficient (Wildman–Crippen LogP) is 4.45. The number of rotatable bonds is 27. The topological polar surface area (TPSA) is 192 Å². The van der Waals surface area contributed by atoms with E-state index in [4.69, 9.17) is 56.8 Å². The molecule has 16 heteroatoms. The molecule has 0 spiro atoms. The third-order valence-electron chi connectivity index (χ3n) is 12.2. The van der Waals surface area contributed by atoms with E-state index in [9.17, 15) is 20.4 Å². The van der Waals surface area contributed by atoms with Crippen LogP contribution in [0.1, 0.15) is 62.1 Å². The minimum Gasteiger partial charge on any atom is -0.387 e. The summed E-state index contributed by atoms with van der Waals surface area (Å²) in [4.78, 5) is 0. The molecule has 0 radical (unpaired) electrons. The number of benzene rings is 3. The van der Waals surface area contributed by atoms with Gasteiger partial charge in [0.15, 0.2) is 18.9 Å². The van der Waals surface area contributed by atoms with Gasteiger partial charge in [-0.1, -0.05) is 130 Å². The monoisotopic (exact) mass is 928 g/mol. The molecule has 0 saturated carbocycles. The lowest BCUT2D eigenvalue weighted by Gasteiger charge is -2.49. The SMILES string of the molecule is CCCCCCCCO[C@H]1O[C@H](COCc2ccccc2)[C@@H](O[C@H]2O[C@H](COCc3ccccc3)[C@@H](O[C@H]3O[C@H](COCc4ccccc4)[C@@H](O)[C@H](OC)[C@@H]3O)[C@H](OC)[C@@H]2O)[C@H](OC)[C@@H]1O. The van der Waals surface area contributed by atoms with Gasteiger partial charge >= 0.3 is 0 Å². The van der Waals surface area contributed by atoms with Gasteiger partial charge in [-0.3, -0.25) is 0 Å². The van der Waals surface area contributed by atoms with Crippen LogP contribution in [0.3, 0.4) is 0 Å². The van der Waals surface area contributed by atoms with E-state index in [1.807, 2.05) is 91.0 Å². The van der Waals surface area contributed by atoms with E-state index in [1.54, 1.807) is 0 Å². The zero-order chi connectivity index (χ0) is 46.7. The Kier molecular flexibility index (Phi) is 22.1. The lowest BCUT2D eigenvalue weighted by molar-refractivity contribution is -0.383. The van der Waals surface area contributed by atoms with E-state index in [0.717, 1.165) is 48.8 Å². The molecule has 3 aliphatic heterocycles. The molecule has 15 atom stereocenters. The molecule has 368 valence electrons. The highest BCUT2D eigenvalue weighted by Gasteiger charge is 2.55. The number of aliphatic hydroxyl groups excluding tert-OH is 4. The quantitative estimate of drug-likeness (QED) is 0.0784. The molecule has 16 nitrogen and oxygen atoms in total. The van der Waals surface area contributed by atoms with E-state index in [-0.39, 0.29) is 39.6 Å². The molecule has 66 heavy (non-hydrogen) atoms. The molecule has 0 aliphatic carbocycles. The summed E-state index contributed by atoms with van der Waals surface area (Å²) in [6.45, 7) is 3.22. The summed E-state index contributed by atoms with van der Waals surface area (Å²) in [6.07, 6.45) is -11.2. The fourth-order valence-electron chi connectivity index (χ4n) is 8.60. The smallest absolute Gasteiger partial charge is 0.187 e. The highest BCUT2D eigenvalue weighted by Crippen LogP contribution is 2.35. The summed E-state index contributed by atoms with van der Waals surface area (Å²) in [5.74, 6) is 0. The van der Waals surface area contributed by atoms with Crippen molar-refractivity contribution in [2.45, 2.75) is 157 Å². The predicted molar refractivity (Wildman–Crippen MR) is 240 cm³/mol. The van der Waals surface area contributed by atoms with Crippen LogP contribution in [0.5, 0.6) is 0 Å². The van der Waals surface area contributed by atoms with Gasteiger partial charge in [-0.2, -0.15) is 0 Å². The number of aliphatic hydroxyl groups is 4. The van der Waals surface area contributed by atoms with Crippen molar-refractivity contribution in [2.24, 2.45) is 0 Å². The van der Waals surface area contributed by atoms with Crippen molar-refractivity contribution in [2.75, 3.05) is 47.8 Å². The molecule has 3 aliphatic rings. The average Bonchev–Trinajstić information content (AvgIpc) is 3.33. The Morgan fingerprint density at radius 2 is 0.803 bits per heavy atom. The van der Waals surface area contributed by atoms with Gasteiger partial charge in [-0.25, -0.2) is 0 Å². The Hall–Kier alpha value is -2.98. The van der Waals surface area contributed by atoms with Gasteiger partial charge < -0.3 is 77.3 Å². The molecule has 3 aromatic rings. The van der Waals surface area contributed by atoms with Crippen LogP contribution in [0, 0.1) is 0 Å². The first-order valence-corrected chi connectivity index (χ1v) is 23.3. The molecule has 3 aromatic carbocycles. The Balaban J connectivity index is 1.20. The summed E-state index contributed by atoms with van der Waals surface area (Å²) in [6, 6.07) is 28.8. The summed E-state index contributed by atoms with van der Waals surface area (Å²) in [7, 11) is 4.24. The third-order valence-corrected chi connectivity index (χ3v) is 12.2. The van der Waals surface area contributed by atoms with Gasteiger partial charge in [-0.15, -0.1) is 0 Å². The van der Waals surface area contributed by atoms with E-state index in [1.165, 1.54) is 27.8 Å². The molecule has 3 saturated heterocycles. The first-order chi connectivity index (χ1) is 32.3. The van der Waals surface area contributed by atoms with E-state index >= 15 is 0 Å². The van der Waals surface area contributed by atoms with Gasteiger partial charge in [0, 0.05) is 27.9 Å². The van der Waals surface area contributed by atoms with E-state index in [0.29, 0.717) is 6.61 Å². The fourth-order valence-corrected chi connectivity index (χ4v) is 8.60. The molecular formula is C50H72O16. The number of ether oxygens (including phenoxy) is 12. The summed E-state index contributed by atoms with van der Waals surface area (Å²) in [5, 5.41) is 46.4. The maximum Gasteiger partial charge on any atom is 0.187 e. The van der Waals surface area contributed by atoms with Gasteiger partial charge in [0.05, 0.1) is 39.6 Å². The van der Waals surface area contributed by atoms with Crippen molar-refractivity contribution in [1.82, 2.24) is 0 Å². The fraction of sp³-hybridized carbons (Fsp3) is 0.640. The second kappa shape index (κ2) is 27.9. The number of methoxy groups -OCH3 is 3. The first-order valence-electron chi connectivity index (χ1n) is 23.3. The molecule has 3 heterocycles. The van der Waals surface area contributed by atoms with Crippen LogP contribution in [0.4, 0.5) is 0 Å². The molecule has 0 bridgehead atoms. The van der Waals surface area contributed by atoms with Crippen LogP contribution in [0.25, 0.3) is 0 Å². The van der Waals surface area contributed by atoms with Crippen LogP contribution in [0.15, 0.2) is 91.0 Å². The zero-order valence-electron chi connectivity index (χ0n) is 38.7. The van der Waals surface area contributed by atoms with Crippen LogP contribution < -0.4 is 0 Å². The van der Waals surface area contributed by atoms with Crippen molar-refractivity contribution >= 4 is 0 Å². The standard InChI is InChI=1S/C50H72O16/c1-5-6-7-8-9-19-26-61-48-41(53)46(56-3)43(37(63-48)31-59-28-34-22-15-11-16-23-34)66-50-42(54)47(57-4)44(38(64-50)32-60-29-35-24-17-12-18-25-35)65-49-40(52)45(55-2)39(51)36(62-49)30-58-27-33-20-13-10-14-21-33/h10-18,20-25,36-54H,5-9,19,26-32H2,1-4H3/t36-,37-,38-,39-,40+,41+,42+,43-,44-,45+,46-,47-,48+,49-,50-/m1/s1. The van der Waals surface area contributed by atoms with Gasteiger partial charge in [0.1, 0.15) is 73.2 Å². The van der Waals surface area contributed by atoms with Crippen molar-refractivity contribution < 1.29 is 77.3 Å². The maximum absolute atomic E-state index is 12.1. The van der Waals surface area contributed by atoms with E-state index in [2.05, 4.69) is 6.92 Å². The Labute approximate surface area is 389 Å². The zero-order valence-corrected chi connectivity index (χ0v) is 38.7. The molecule has 6 rings (SSSR count). The molecule has 3 fully saturated rings. The third kappa shape index (κ3) is 14.8. The van der Waals surface area contributed by atoms with E-state index < -0.39 is 92.1 Å². The van der Waals surface area contributed by atoms with Crippen molar-refractivity contribution in [3.05, 3.63) is 108 Å². The molecule has 4 N–H and O–H groups in total. The molecule has 0 amide bonds. The second-order valence-corrected chi connectivity index (χ2v) is 17.0. The minimum atomic E-state index is -1.51. The highest BCUT2D eigenvalue weighted by atomic mass is 16.8. The first kappa shape index (κ1) is 52.4. The van der Waals surface area contributed by atoms with Crippen LogP contribution >= 0.6 is 0 Å². The summed E-state index contributed by atoms with van der Waals surface area (Å²) >= 11 is 0. The number of hydrogen-bond donors (Lipinski definition) is 4. The Morgan fingerprint density at radius 3 is 1.26 bits per heavy atom. The van der Waals surface area contributed by atoms with Crippen LogP contribution in [0.2, 0.25) is 0 Å². The maximum atomic E-state index is 12.1. The minimum absolute atomic E-state index is 0.0224. The highest BCUT2D eigenvalue weighted by molar-refractivity contribution is 5.15. The number of unbranched alkanes of at least 4 members (excludes halogenated alkanes) is 5. The van der Waals surface area contributed by atoms with Crippen molar-refractivity contribution in [1.29, 1.82) is 0 Å². The average molecular weight is 929 g/mol. The summed E-state index contributed by atoms with van der Waals surface area (Å²) < 4.78 is 74.2. The molecule has 0 aromatic heterocycles. The molecular weight excluding hydrogens is 857 g/mol. The van der Waals surface area contributed by atoms with Crippen molar-refractivity contribution in [3.63, 3.8) is 0 Å².